The zero-order valence-electron chi connectivity index (χ0n) is 19.5. The Bertz CT molecular complexity index is 430. The zero-order chi connectivity index (χ0) is 21.7. The van der Waals surface area contributed by atoms with E-state index in [1.807, 2.05) is 13.8 Å². The van der Waals surface area contributed by atoms with Gasteiger partial charge in [0.05, 0.1) is 5.92 Å². The minimum atomic E-state index is -0.827. The van der Waals surface area contributed by atoms with Crippen molar-refractivity contribution in [3.05, 3.63) is 12.2 Å². The Labute approximate surface area is 180 Å². The van der Waals surface area contributed by atoms with E-state index in [-0.39, 0.29) is 12.3 Å². The lowest BCUT2D eigenvalue weighted by molar-refractivity contribution is -0.146. The number of rotatable bonds is 20. The molecular weight excluding hydrogens is 362 g/mol. The van der Waals surface area contributed by atoms with Gasteiger partial charge in [-0.2, -0.15) is 0 Å². The molecule has 0 radical (unpaired) electrons. The smallest absolute Gasteiger partial charge is 0.307 e. The summed E-state index contributed by atoms with van der Waals surface area (Å²) in [5.74, 6) is -1.38. The van der Waals surface area contributed by atoms with Crippen LogP contribution in [0.1, 0.15) is 117 Å². The predicted octanol–water partition coefficient (Wildman–Crippen LogP) is 6.98. The standard InChI is InChI=1S/C25H47NO3/c1-4-7-8-9-10-11-12-13-14-15-16-17-18-19-20-21-23(25(28)29)22-24(27)26(5-2)6-3/h8-9,23H,4-7,10-22H2,1-3H3,(H,28,29)/b9-8+. The van der Waals surface area contributed by atoms with Crippen molar-refractivity contribution in [3.8, 4) is 0 Å². The Morgan fingerprint density at radius 1 is 0.759 bits per heavy atom. The van der Waals surface area contributed by atoms with Crippen LogP contribution in [0.5, 0.6) is 0 Å². The van der Waals surface area contributed by atoms with E-state index in [1.54, 1.807) is 4.90 Å². The molecule has 0 aliphatic carbocycles. The summed E-state index contributed by atoms with van der Waals surface area (Å²) in [5.41, 5.74) is 0. The van der Waals surface area contributed by atoms with Crippen molar-refractivity contribution in [3.63, 3.8) is 0 Å². The highest BCUT2D eigenvalue weighted by atomic mass is 16.4. The van der Waals surface area contributed by atoms with Crippen LogP contribution < -0.4 is 0 Å². The summed E-state index contributed by atoms with van der Waals surface area (Å²) in [6, 6.07) is 0. The summed E-state index contributed by atoms with van der Waals surface area (Å²) in [4.78, 5) is 25.3. The Balaban J connectivity index is 3.62. The van der Waals surface area contributed by atoms with E-state index in [0.29, 0.717) is 19.5 Å². The molecule has 0 aliphatic heterocycles. The maximum atomic E-state index is 12.1. The average Bonchev–Trinajstić information content (AvgIpc) is 2.70. The Morgan fingerprint density at radius 3 is 1.72 bits per heavy atom. The molecule has 0 heterocycles. The van der Waals surface area contributed by atoms with Crippen molar-refractivity contribution >= 4 is 11.9 Å². The summed E-state index contributed by atoms with van der Waals surface area (Å²) in [7, 11) is 0. The first-order chi connectivity index (χ1) is 14.1. The number of carboxylic acids is 1. The molecule has 0 aromatic rings. The van der Waals surface area contributed by atoms with Gasteiger partial charge >= 0.3 is 5.97 Å². The van der Waals surface area contributed by atoms with Gasteiger partial charge in [-0.05, 0) is 39.5 Å². The van der Waals surface area contributed by atoms with Gasteiger partial charge in [0.15, 0.2) is 0 Å². The molecule has 0 aromatic heterocycles. The molecule has 1 atom stereocenters. The van der Waals surface area contributed by atoms with E-state index in [1.165, 1.54) is 70.6 Å². The molecule has 0 fully saturated rings. The third-order valence-electron chi connectivity index (χ3n) is 5.68. The number of hydrogen-bond donors (Lipinski definition) is 1. The molecule has 0 spiro atoms. The minimum absolute atomic E-state index is 0.0284. The average molecular weight is 410 g/mol. The first-order valence-corrected chi connectivity index (χ1v) is 12.2. The van der Waals surface area contributed by atoms with Crippen molar-refractivity contribution in [1.29, 1.82) is 0 Å². The van der Waals surface area contributed by atoms with Crippen LogP contribution in [0, 0.1) is 5.92 Å². The molecule has 4 heteroatoms. The van der Waals surface area contributed by atoms with Gasteiger partial charge in [-0.1, -0.05) is 83.3 Å². The fourth-order valence-corrected chi connectivity index (χ4v) is 3.70. The molecular formula is C25H47NO3. The van der Waals surface area contributed by atoms with E-state index < -0.39 is 11.9 Å². The van der Waals surface area contributed by atoms with Crippen LogP contribution in [-0.4, -0.2) is 35.0 Å². The van der Waals surface area contributed by atoms with Gasteiger partial charge in [-0.15, -0.1) is 0 Å². The summed E-state index contributed by atoms with van der Waals surface area (Å²) in [6.07, 6.45) is 21.5. The summed E-state index contributed by atoms with van der Waals surface area (Å²) >= 11 is 0. The normalized spacial score (nSPS) is 12.4. The van der Waals surface area contributed by atoms with Crippen molar-refractivity contribution in [1.82, 2.24) is 4.90 Å². The van der Waals surface area contributed by atoms with E-state index in [9.17, 15) is 14.7 Å². The van der Waals surface area contributed by atoms with Gasteiger partial charge in [0.2, 0.25) is 5.91 Å². The third-order valence-corrected chi connectivity index (χ3v) is 5.68. The highest BCUT2D eigenvalue weighted by Crippen LogP contribution is 2.18. The van der Waals surface area contributed by atoms with Crippen LogP contribution in [0.2, 0.25) is 0 Å². The highest BCUT2D eigenvalue weighted by molar-refractivity contribution is 5.82. The largest absolute Gasteiger partial charge is 0.481 e. The number of unbranched alkanes of at least 4 members (excludes halogenated alkanes) is 11. The van der Waals surface area contributed by atoms with Gasteiger partial charge in [-0.25, -0.2) is 0 Å². The molecule has 170 valence electrons. The molecule has 4 nitrogen and oxygen atoms in total. The Kier molecular flexibility index (Phi) is 19.1. The molecule has 1 unspecified atom stereocenters. The summed E-state index contributed by atoms with van der Waals surface area (Å²) < 4.78 is 0. The maximum absolute atomic E-state index is 12.1. The van der Waals surface area contributed by atoms with Gasteiger partial charge in [0.25, 0.3) is 0 Å². The molecule has 0 bridgehead atoms. The fraction of sp³-hybridized carbons (Fsp3) is 0.840. The van der Waals surface area contributed by atoms with Crippen molar-refractivity contribution in [2.24, 2.45) is 5.92 Å². The molecule has 1 amide bonds. The Morgan fingerprint density at radius 2 is 1.24 bits per heavy atom. The second-order valence-electron chi connectivity index (χ2n) is 8.18. The molecule has 0 saturated heterocycles. The number of aliphatic carboxylic acids is 1. The van der Waals surface area contributed by atoms with Crippen molar-refractivity contribution in [2.45, 2.75) is 117 Å². The molecule has 29 heavy (non-hydrogen) atoms. The van der Waals surface area contributed by atoms with Crippen molar-refractivity contribution in [2.75, 3.05) is 13.1 Å². The highest BCUT2D eigenvalue weighted by Gasteiger charge is 2.22. The molecule has 1 N–H and O–H groups in total. The predicted molar refractivity (Wildman–Crippen MR) is 123 cm³/mol. The number of amides is 1. The summed E-state index contributed by atoms with van der Waals surface area (Å²) in [5, 5.41) is 9.39. The first kappa shape index (κ1) is 27.7. The lowest BCUT2D eigenvalue weighted by Gasteiger charge is -2.21. The van der Waals surface area contributed by atoms with Crippen LogP contribution in [0.15, 0.2) is 12.2 Å². The van der Waals surface area contributed by atoms with E-state index in [4.69, 9.17) is 0 Å². The zero-order valence-corrected chi connectivity index (χ0v) is 19.5. The molecule has 0 aliphatic rings. The Hall–Kier alpha value is -1.32. The number of carbonyl (C=O) groups excluding carboxylic acids is 1. The maximum Gasteiger partial charge on any atom is 0.307 e. The number of carbonyl (C=O) groups is 2. The summed E-state index contributed by atoms with van der Waals surface area (Å²) in [6.45, 7) is 7.38. The van der Waals surface area contributed by atoms with Crippen molar-refractivity contribution < 1.29 is 14.7 Å². The van der Waals surface area contributed by atoms with Crippen LogP contribution in [-0.2, 0) is 9.59 Å². The van der Waals surface area contributed by atoms with Crippen LogP contribution >= 0.6 is 0 Å². The quantitative estimate of drug-likeness (QED) is 0.174. The van der Waals surface area contributed by atoms with E-state index in [0.717, 1.165) is 12.8 Å². The number of nitrogens with zero attached hydrogens (tertiary/aromatic N) is 1. The SMILES string of the molecule is CCC/C=C/CCCCCCCCCCCCC(CC(=O)N(CC)CC)C(=O)O. The van der Waals surface area contributed by atoms with Gasteiger partial charge in [0, 0.05) is 19.5 Å². The number of allylic oxidation sites excluding steroid dienone is 2. The first-order valence-electron chi connectivity index (χ1n) is 12.2. The van der Waals surface area contributed by atoms with Gasteiger partial charge in [-0.3, -0.25) is 9.59 Å². The van der Waals surface area contributed by atoms with E-state index >= 15 is 0 Å². The number of carboxylic acid groups (broad SMARTS) is 1. The number of hydrogen-bond acceptors (Lipinski definition) is 2. The second kappa shape index (κ2) is 20.0. The molecule has 0 aromatic carbocycles. The molecule has 0 saturated carbocycles. The van der Waals surface area contributed by atoms with Crippen LogP contribution in [0.4, 0.5) is 0 Å². The second-order valence-corrected chi connectivity index (χ2v) is 8.18. The minimum Gasteiger partial charge on any atom is -0.481 e. The molecule has 0 rings (SSSR count). The monoisotopic (exact) mass is 409 g/mol. The fourth-order valence-electron chi connectivity index (χ4n) is 3.70. The van der Waals surface area contributed by atoms with Crippen LogP contribution in [0.3, 0.4) is 0 Å². The lowest BCUT2D eigenvalue weighted by atomic mass is 9.96. The van der Waals surface area contributed by atoms with Gasteiger partial charge < -0.3 is 10.0 Å². The van der Waals surface area contributed by atoms with Gasteiger partial charge in [0.1, 0.15) is 0 Å². The topological polar surface area (TPSA) is 57.6 Å². The van der Waals surface area contributed by atoms with Crippen LogP contribution in [0.25, 0.3) is 0 Å². The van der Waals surface area contributed by atoms with E-state index in [2.05, 4.69) is 19.1 Å². The third kappa shape index (κ3) is 16.2. The lowest BCUT2D eigenvalue weighted by Crippen LogP contribution is -2.33.